The summed E-state index contributed by atoms with van der Waals surface area (Å²) in [6.45, 7) is 2.47. The number of hydrogen-bond donors (Lipinski definition) is 2. The third kappa shape index (κ3) is 5.00. The lowest BCUT2D eigenvalue weighted by Crippen LogP contribution is -2.49. The molecule has 0 saturated heterocycles. The van der Waals surface area contributed by atoms with Gasteiger partial charge in [-0.2, -0.15) is 0 Å². The van der Waals surface area contributed by atoms with E-state index in [1.54, 1.807) is 24.4 Å². The molecule has 9 heteroatoms. The van der Waals surface area contributed by atoms with Gasteiger partial charge < -0.3 is 15.5 Å². The molecule has 0 radical (unpaired) electrons. The number of nitrogens with one attached hydrogen (secondary N) is 2. The Morgan fingerprint density at radius 2 is 1.89 bits per heavy atom. The number of rotatable bonds is 8. The first kappa shape index (κ1) is 25.1. The van der Waals surface area contributed by atoms with Gasteiger partial charge in [0.15, 0.2) is 0 Å². The Morgan fingerprint density at radius 3 is 2.61 bits per heavy atom. The van der Waals surface area contributed by atoms with Gasteiger partial charge in [0.2, 0.25) is 5.91 Å². The first-order valence-corrected chi connectivity index (χ1v) is 12.5. The maximum absolute atomic E-state index is 14.1. The van der Waals surface area contributed by atoms with Crippen LogP contribution in [-0.4, -0.2) is 51.8 Å². The van der Waals surface area contributed by atoms with Gasteiger partial charge in [-0.25, -0.2) is 9.18 Å². The van der Waals surface area contributed by atoms with Gasteiger partial charge in [0.25, 0.3) is 5.91 Å². The maximum atomic E-state index is 14.1. The number of nitrogens with zero attached hydrogens (tertiary/aromatic N) is 3. The first-order chi connectivity index (χ1) is 18.5. The molecule has 0 saturated carbocycles. The standard InChI is InChI=1S/C29H28FN5O3/c1-2-34-24-18-35(28(37)25(24)26(33-29(34)38)20-11-8-12-21(30)16-20)23(15-19-9-4-3-5-10-19)27(36)32-17-22-13-6-7-14-31-22/h3-14,16,23,26H,2,15,17-18H2,1H3,(H,32,36)(H,33,38). The second-order valence-electron chi connectivity index (χ2n) is 9.22. The number of hydrogen-bond acceptors (Lipinski definition) is 4. The molecule has 0 fully saturated rings. The van der Waals surface area contributed by atoms with Gasteiger partial charge in [0.1, 0.15) is 11.9 Å². The van der Waals surface area contributed by atoms with Crippen molar-refractivity contribution in [2.24, 2.45) is 0 Å². The highest BCUT2D eigenvalue weighted by atomic mass is 19.1. The summed E-state index contributed by atoms with van der Waals surface area (Å²) in [7, 11) is 0. The number of halogens is 1. The summed E-state index contributed by atoms with van der Waals surface area (Å²) >= 11 is 0. The minimum Gasteiger partial charge on any atom is -0.349 e. The zero-order valence-corrected chi connectivity index (χ0v) is 20.9. The number of urea groups is 1. The van der Waals surface area contributed by atoms with Gasteiger partial charge in [0, 0.05) is 19.2 Å². The van der Waals surface area contributed by atoms with Crippen LogP contribution in [-0.2, 0) is 22.6 Å². The van der Waals surface area contributed by atoms with Crippen LogP contribution in [0.1, 0.15) is 29.8 Å². The number of pyridine rings is 1. The fourth-order valence-electron chi connectivity index (χ4n) is 5.02. The molecule has 0 aliphatic carbocycles. The predicted octanol–water partition coefficient (Wildman–Crippen LogP) is 3.33. The van der Waals surface area contributed by atoms with Crippen LogP contribution in [0.15, 0.2) is 90.3 Å². The average Bonchev–Trinajstić information content (AvgIpc) is 3.27. The highest BCUT2D eigenvalue weighted by Crippen LogP contribution is 2.37. The van der Waals surface area contributed by atoms with E-state index in [4.69, 9.17) is 0 Å². The molecule has 2 aromatic carbocycles. The van der Waals surface area contributed by atoms with Crippen LogP contribution in [0.4, 0.5) is 9.18 Å². The van der Waals surface area contributed by atoms with E-state index >= 15 is 0 Å². The monoisotopic (exact) mass is 513 g/mol. The van der Waals surface area contributed by atoms with Crippen LogP contribution in [0, 0.1) is 5.82 Å². The predicted molar refractivity (Wildman–Crippen MR) is 139 cm³/mol. The normalized spacial score (nSPS) is 17.8. The Hall–Kier alpha value is -4.53. The van der Waals surface area contributed by atoms with Gasteiger partial charge in [-0.3, -0.25) is 19.5 Å². The Bertz CT molecular complexity index is 1380. The van der Waals surface area contributed by atoms with E-state index in [2.05, 4.69) is 15.6 Å². The van der Waals surface area contributed by atoms with E-state index in [0.717, 1.165) is 5.56 Å². The zero-order valence-electron chi connectivity index (χ0n) is 20.9. The molecular formula is C29H28FN5O3. The Kier molecular flexibility index (Phi) is 7.17. The Morgan fingerprint density at radius 1 is 1.11 bits per heavy atom. The second kappa shape index (κ2) is 10.8. The highest BCUT2D eigenvalue weighted by molar-refractivity contribution is 6.03. The van der Waals surface area contributed by atoms with Crippen LogP contribution in [0.2, 0.25) is 0 Å². The summed E-state index contributed by atoms with van der Waals surface area (Å²) in [5.74, 6) is -1.14. The number of carbonyl (C=O) groups is 3. The van der Waals surface area contributed by atoms with E-state index in [9.17, 15) is 18.8 Å². The Labute approximate surface area is 220 Å². The summed E-state index contributed by atoms with van der Waals surface area (Å²) in [5.41, 5.74) is 2.95. The molecule has 1 aromatic heterocycles. The molecule has 3 heterocycles. The van der Waals surface area contributed by atoms with Crippen LogP contribution in [0.25, 0.3) is 0 Å². The van der Waals surface area contributed by atoms with Gasteiger partial charge in [-0.1, -0.05) is 48.5 Å². The lowest BCUT2D eigenvalue weighted by molar-refractivity contribution is -0.136. The van der Waals surface area contributed by atoms with Crippen LogP contribution in [0.3, 0.4) is 0 Å². The lowest BCUT2D eigenvalue weighted by Gasteiger charge is -2.32. The largest absolute Gasteiger partial charge is 0.349 e. The molecule has 2 aliphatic heterocycles. The number of benzene rings is 2. The number of carbonyl (C=O) groups excluding carboxylic acids is 3. The fraction of sp³-hybridized carbons (Fsp3) is 0.241. The van der Waals surface area contributed by atoms with Crippen LogP contribution in [0.5, 0.6) is 0 Å². The van der Waals surface area contributed by atoms with Gasteiger partial charge in [-0.05, 0) is 42.3 Å². The van der Waals surface area contributed by atoms with Gasteiger partial charge >= 0.3 is 6.03 Å². The molecule has 0 spiro atoms. The smallest absolute Gasteiger partial charge is 0.322 e. The summed E-state index contributed by atoms with van der Waals surface area (Å²) < 4.78 is 14.1. The number of amides is 4. The van der Waals surface area contributed by atoms with Crippen LogP contribution >= 0.6 is 0 Å². The highest BCUT2D eigenvalue weighted by Gasteiger charge is 2.46. The molecule has 2 unspecified atom stereocenters. The van der Waals surface area contributed by atoms with E-state index in [-0.39, 0.29) is 30.9 Å². The molecule has 5 rings (SSSR count). The quantitative estimate of drug-likeness (QED) is 0.483. The minimum atomic E-state index is -0.832. The fourth-order valence-corrected chi connectivity index (χ4v) is 5.02. The van der Waals surface area contributed by atoms with Crippen molar-refractivity contribution in [1.82, 2.24) is 25.4 Å². The maximum Gasteiger partial charge on any atom is 0.322 e. The van der Waals surface area contributed by atoms with Crippen molar-refractivity contribution >= 4 is 17.8 Å². The van der Waals surface area contributed by atoms with E-state index < -0.39 is 17.9 Å². The first-order valence-electron chi connectivity index (χ1n) is 12.5. The molecule has 194 valence electrons. The Balaban J connectivity index is 1.48. The molecule has 3 aromatic rings. The van der Waals surface area contributed by atoms with Crippen molar-refractivity contribution in [2.75, 3.05) is 13.1 Å². The number of aromatic nitrogens is 1. The third-order valence-corrected chi connectivity index (χ3v) is 6.87. The summed E-state index contributed by atoms with van der Waals surface area (Å²) in [6.07, 6.45) is 1.94. The number of likely N-dealkylation sites (N-methyl/N-ethyl adjacent to an activating group) is 1. The van der Waals surface area contributed by atoms with Crippen LogP contribution < -0.4 is 10.6 Å². The van der Waals surface area contributed by atoms with E-state index in [1.807, 2.05) is 49.4 Å². The SMILES string of the molecule is CCN1C(=O)NC(c2cccc(F)c2)C2=C1CN(C(Cc1ccccc1)C(=O)NCc1ccccn1)C2=O. The third-order valence-electron chi connectivity index (χ3n) is 6.87. The van der Waals surface area contributed by atoms with Crippen molar-refractivity contribution < 1.29 is 18.8 Å². The molecule has 8 nitrogen and oxygen atoms in total. The molecule has 4 amide bonds. The average molecular weight is 514 g/mol. The molecule has 0 bridgehead atoms. The van der Waals surface area contributed by atoms with Crippen molar-refractivity contribution in [1.29, 1.82) is 0 Å². The molecule has 38 heavy (non-hydrogen) atoms. The van der Waals surface area contributed by atoms with E-state index in [1.165, 1.54) is 21.9 Å². The molecule has 2 atom stereocenters. The molecule has 2 N–H and O–H groups in total. The van der Waals surface area contributed by atoms with E-state index in [0.29, 0.717) is 35.5 Å². The van der Waals surface area contributed by atoms with Crippen molar-refractivity contribution in [3.63, 3.8) is 0 Å². The van der Waals surface area contributed by atoms with Gasteiger partial charge in [0.05, 0.1) is 36.1 Å². The topological polar surface area (TPSA) is 94.6 Å². The van der Waals surface area contributed by atoms with Crippen molar-refractivity contribution in [3.05, 3.63) is 113 Å². The molecule has 2 aliphatic rings. The lowest BCUT2D eigenvalue weighted by atomic mass is 9.95. The minimum absolute atomic E-state index is 0.0930. The van der Waals surface area contributed by atoms with Crippen molar-refractivity contribution in [3.8, 4) is 0 Å². The summed E-state index contributed by atoms with van der Waals surface area (Å²) in [6, 6.07) is 18.8. The van der Waals surface area contributed by atoms with Crippen molar-refractivity contribution in [2.45, 2.75) is 32.0 Å². The molecular weight excluding hydrogens is 485 g/mol. The summed E-state index contributed by atoms with van der Waals surface area (Å²) in [4.78, 5) is 47.8. The zero-order chi connectivity index (χ0) is 26.6. The summed E-state index contributed by atoms with van der Waals surface area (Å²) in [5, 5.41) is 5.78. The van der Waals surface area contributed by atoms with Gasteiger partial charge in [-0.15, -0.1) is 0 Å². The second-order valence-corrected chi connectivity index (χ2v) is 9.22.